The molecular weight excluding hydrogens is 278 g/mol. The number of carbonyl (C=O) groups excluding carboxylic acids is 2. The molecule has 0 aromatic heterocycles. The molecule has 4 nitrogen and oxygen atoms in total. The van der Waals surface area contributed by atoms with Crippen LogP contribution < -0.4 is 0 Å². The van der Waals surface area contributed by atoms with Crippen LogP contribution in [0.5, 0.6) is 0 Å². The number of esters is 1. The van der Waals surface area contributed by atoms with Gasteiger partial charge in [0.1, 0.15) is 12.6 Å². The van der Waals surface area contributed by atoms with E-state index in [9.17, 15) is 9.59 Å². The topological polar surface area (TPSA) is 43.4 Å². The van der Waals surface area contributed by atoms with E-state index in [4.69, 9.17) is 4.74 Å². The number of fused-ring (bicyclic) bond motifs is 2. The Hall–Kier alpha value is -1.68. The molecule has 1 aromatic carbocycles. The molecule has 2 aliphatic rings. The molecule has 0 aliphatic carbocycles. The summed E-state index contributed by atoms with van der Waals surface area (Å²) in [7, 11) is 2.20. The van der Waals surface area contributed by atoms with Crippen molar-refractivity contribution in [3.05, 3.63) is 35.9 Å². The van der Waals surface area contributed by atoms with Gasteiger partial charge in [-0.1, -0.05) is 30.3 Å². The standard InChI is InChI=1S/C18H24NO3/c1-13(20)22-17-10-15-8-9-16(11-17)19(15,2)12-18(21)14-6-4-3-5-7-14/h3-7,15-17H,8-12H2,1-2H3/q+1/t15-,16+,17?,19?. The maximum absolute atomic E-state index is 12.6. The van der Waals surface area contributed by atoms with Crippen molar-refractivity contribution in [2.45, 2.75) is 50.8 Å². The Labute approximate surface area is 131 Å². The fraction of sp³-hybridized carbons (Fsp3) is 0.556. The Morgan fingerprint density at radius 2 is 1.73 bits per heavy atom. The molecule has 4 atom stereocenters. The lowest BCUT2D eigenvalue weighted by Gasteiger charge is -2.46. The Morgan fingerprint density at radius 3 is 2.27 bits per heavy atom. The normalized spacial score (nSPS) is 33.5. The van der Waals surface area contributed by atoms with Crippen LogP contribution >= 0.6 is 0 Å². The van der Waals surface area contributed by atoms with Crippen LogP contribution in [0.2, 0.25) is 0 Å². The molecule has 0 spiro atoms. The highest BCUT2D eigenvalue weighted by atomic mass is 16.5. The number of Topliss-reactive ketones (excluding diaryl/α,β-unsaturated/α-hetero) is 1. The van der Waals surface area contributed by atoms with Crippen LogP contribution in [-0.4, -0.2) is 48.0 Å². The highest BCUT2D eigenvalue weighted by molar-refractivity contribution is 5.97. The van der Waals surface area contributed by atoms with Crippen molar-refractivity contribution in [3.8, 4) is 0 Å². The Balaban J connectivity index is 1.72. The lowest BCUT2D eigenvalue weighted by atomic mass is 9.95. The highest BCUT2D eigenvalue weighted by Crippen LogP contribution is 2.42. The lowest BCUT2D eigenvalue weighted by Crippen LogP contribution is -2.60. The highest BCUT2D eigenvalue weighted by Gasteiger charge is 2.53. The second-order valence-electron chi connectivity index (χ2n) is 6.88. The largest absolute Gasteiger partial charge is 0.462 e. The van der Waals surface area contributed by atoms with Gasteiger partial charge in [-0.3, -0.25) is 9.59 Å². The third kappa shape index (κ3) is 2.80. The number of hydrogen-bond donors (Lipinski definition) is 0. The number of hydrogen-bond acceptors (Lipinski definition) is 3. The van der Waals surface area contributed by atoms with Crippen molar-refractivity contribution in [2.75, 3.05) is 13.6 Å². The third-order valence-corrected chi connectivity index (χ3v) is 5.48. The van der Waals surface area contributed by atoms with Crippen LogP contribution in [0.25, 0.3) is 0 Å². The first kappa shape index (κ1) is 15.2. The van der Waals surface area contributed by atoms with Gasteiger partial charge in [0.25, 0.3) is 0 Å². The second-order valence-corrected chi connectivity index (χ2v) is 6.88. The number of ketones is 1. The van der Waals surface area contributed by atoms with Gasteiger partial charge in [0.15, 0.2) is 0 Å². The number of likely N-dealkylation sites (N-methyl/N-ethyl adjacent to an activating group) is 1. The molecule has 118 valence electrons. The van der Waals surface area contributed by atoms with Crippen molar-refractivity contribution in [3.63, 3.8) is 0 Å². The van der Waals surface area contributed by atoms with Crippen molar-refractivity contribution < 1.29 is 18.8 Å². The van der Waals surface area contributed by atoms with E-state index in [-0.39, 0.29) is 17.9 Å². The van der Waals surface area contributed by atoms with Gasteiger partial charge < -0.3 is 9.22 Å². The Kier molecular flexibility index (Phi) is 4.04. The van der Waals surface area contributed by atoms with Gasteiger partial charge in [-0.05, 0) is 0 Å². The van der Waals surface area contributed by atoms with Crippen molar-refractivity contribution in [1.82, 2.24) is 0 Å². The molecule has 22 heavy (non-hydrogen) atoms. The minimum atomic E-state index is -0.194. The van der Waals surface area contributed by atoms with E-state index >= 15 is 0 Å². The molecule has 2 fully saturated rings. The molecule has 1 aromatic rings. The number of ether oxygens (including phenoxy) is 1. The average Bonchev–Trinajstić information content (AvgIpc) is 2.66. The van der Waals surface area contributed by atoms with E-state index in [1.54, 1.807) is 0 Å². The summed E-state index contributed by atoms with van der Waals surface area (Å²) in [6.45, 7) is 2.02. The van der Waals surface area contributed by atoms with Crippen molar-refractivity contribution >= 4 is 11.8 Å². The fourth-order valence-corrected chi connectivity index (χ4v) is 4.31. The van der Waals surface area contributed by atoms with Crippen LogP contribution in [-0.2, 0) is 9.53 Å². The van der Waals surface area contributed by atoms with Gasteiger partial charge in [-0.25, -0.2) is 0 Å². The molecule has 2 unspecified atom stereocenters. The number of rotatable bonds is 4. The predicted molar refractivity (Wildman–Crippen MR) is 83.4 cm³/mol. The maximum atomic E-state index is 12.6. The fourth-order valence-electron chi connectivity index (χ4n) is 4.31. The molecule has 2 bridgehead atoms. The molecular formula is C18H24NO3+. The maximum Gasteiger partial charge on any atom is 0.302 e. The van der Waals surface area contributed by atoms with Gasteiger partial charge in [0.05, 0.1) is 19.1 Å². The van der Waals surface area contributed by atoms with Crippen LogP contribution in [0.3, 0.4) is 0 Å². The molecule has 2 saturated heterocycles. The molecule has 0 saturated carbocycles. The first-order chi connectivity index (χ1) is 10.5. The van der Waals surface area contributed by atoms with Gasteiger partial charge in [-0.15, -0.1) is 0 Å². The quantitative estimate of drug-likeness (QED) is 0.488. The van der Waals surface area contributed by atoms with Gasteiger partial charge in [0, 0.05) is 38.2 Å². The molecule has 0 N–H and O–H groups in total. The summed E-state index contributed by atoms with van der Waals surface area (Å²) in [6.07, 6.45) is 4.05. The summed E-state index contributed by atoms with van der Waals surface area (Å²) in [5, 5.41) is 0. The first-order valence-electron chi connectivity index (χ1n) is 8.09. The summed E-state index contributed by atoms with van der Waals surface area (Å²) in [5.41, 5.74) is 0.795. The SMILES string of the molecule is CC(=O)OC1C[C@H]2CC[C@@H](C1)[N+]2(C)CC(=O)c1ccccc1. The van der Waals surface area contributed by atoms with E-state index < -0.39 is 0 Å². The minimum Gasteiger partial charge on any atom is -0.462 e. The van der Waals surface area contributed by atoms with Crippen LogP contribution in [0.1, 0.15) is 43.0 Å². The first-order valence-corrected chi connectivity index (χ1v) is 8.09. The molecule has 3 rings (SSSR count). The Bertz CT molecular complexity index is 555. The molecule has 0 radical (unpaired) electrons. The zero-order valence-corrected chi connectivity index (χ0v) is 13.3. The average molecular weight is 302 g/mol. The van der Waals surface area contributed by atoms with E-state index in [1.807, 2.05) is 30.3 Å². The summed E-state index contributed by atoms with van der Waals surface area (Å²) < 4.78 is 6.23. The smallest absolute Gasteiger partial charge is 0.302 e. The molecule has 2 aliphatic heterocycles. The minimum absolute atomic E-state index is 0.0352. The van der Waals surface area contributed by atoms with Crippen molar-refractivity contribution in [1.29, 1.82) is 0 Å². The summed E-state index contributed by atoms with van der Waals surface area (Å²) >= 11 is 0. The van der Waals surface area contributed by atoms with Gasteiger partial charge >= 0.3 is 5.97 Å². The number of carbonyl (C=O) groups is 2. The van der Waals surface area contributed by atoms with E-state index in [0.717, 1.165) is 35.7 Å². The number of nitrogens with zero attached hydrogens (tertiary/aromatic N) is 1. The monoisotopic (exact) mass is 302 g/mol. The van der Waals surface area contributed by atoms with Crippen LogP contribution in [0, 0.1) is 0 Å². The summed E-state index contributed by atoms with van der Waals surface area (Å²) in [6, 6.07) is 10.4. The van der Waals surface area contributed by atoms with Crippen LogP contribution in [0.15, 0.2) is 30.3 Å². The molecule has 2 heterocycles. The number of benzene rings is 1. The zero-order chi connectivity index (χ0) is 15.7. The molecule has 4 heteroatoms. The Morgan fingerprint density at radius 1 is 1.14 bits per heavy atom. The van der Waals surface area contributed by atoms with Gasteiger partial charge in [-0.2, -0.15) is 0 Å². The van der Waals surface area contributed by atoms with Gasteiger partial charge in [0.2, 0.25) is 5.78 Å². The summed E-state index contributed by atoms with van der Waals surface area (Å²) in [5.74, 6) is 0.0202. The van der Waals surface area contributed by atoms with E-state index in [2.05, 4.69) is 7.05 Å². The van der Waals surface area contributed by atoms with E-state index in [1.165, 1.54) is 6.92 Å². The van der Waals surface area contributed by atoms with Crippen LogP contribution in [0.4, 0.5) is 0 Å². The third-order valence-electron chi connectivity index (χ3n) is 5.48. The van der Waals surface area contributed by atoms with Crippen molar-refractivity contribution in [2.24, 2.45) is 0 Å². The zero-order valence-electron chi connectivity index (χ0n) is 13.3. The number of piperidine rings is 1. The lowest BCUT2D eigenvalue weighted by molar-refractivity contribution is -0.941. The second kappa shape index (κ2) is 5.84. The summed E-state index contributed by atoms with van der Waals surface area (Å²) in [4.78, 5) is 23.8. The molecule has 0 amide bonds. The predicted octanol–water partition coefficient (Wildman–Crippen LogP) is 2.57. The van der Waals surface area contributed by atoms with E-state index in [0.29, 0.717) is 18.6 Å². The number of quaternary nitrogens is 1.